The van der Waals surface area contributed by atoms with E-state index in [-0.39, 0.29) is 17.7 Å². The van der Waals surface area contributed by atoms with E-state index < -0.39 is 0 Å². The minimum atomic E-state index is -0.155. The first-order valence-corrected chi connectivity index (χ1v) is 9.87. The molecular weight excluding hydrogens is 398 g/mol. The molecule has 1 heterocycles. The molecule has 1 atom stereocenters. The number of amides is 1. The fraction of sp³-hybridized carbons (Fsp3) is 0.211. The molecule has 7 nitrogen and oxygen atoms in total. The van der Waals surface area contributed by atoms with Crippen molar-refractivity contribution in [2.24, 2.45) is 0 Å². The summed E-state index contributed by atoms with van der Waals surface area (Å²) in [7, 11) is 1.60. The molecule has 28 heavy (non-hydrogen) atoms. The molecule has 0 unspecified atom stereocenters. The van der Waals surface area contributed by atoms with Gasteiger partial charge in [-0.3, -0.25) is 4.79 Å². The molecule has 0 aliphatic heterocycles. The van der Waals surface area contributed by atoms with Gasteiger partial charge in [0.2, 0.25) is 11.1 Å². The lowest BCUT2D eigenvalue weighted by atomic mass is 10.1. The summed E-state index contributed by atoms with van der Waals surface area (Å²) in [6, 6.07) is 14.6. The van der Waals surface area contributed by atoms with Gasteiger partial charge in [-0.05, 0) is 48.9 Å². The van der Waals surface area contributed by atoms with E-state index in [0.29, 0.717) is 16.0 Å². The van der Waals surface area contributed by atoms with Gasteiger partial charge in [-0.25, -0.2) is 4.68 Å². The number of rotatable bonds is 7. The molecule has 3 rings (SSSR count). The maximum absolute atomic E-state index is 12.3. The number of nitrogen functional groups attached to an aromatic ring is 1. The van der Waals surface area contributed by atoms with Gasteiger partial charge in [-0.15, -0.1) is 10.2 Å². The van der Waals surface area contributed by atoms with Crippen molar-refractivity contribution < 1.29 is 9.53 Å². The number of thioether (sulfide) groups is 1. The number of carbonyl (C=O) groups is 1. The number of hydrogen-bond acceptors (Lipinski definition) is 6. The Morgan fingerprint density at radius 1 is 1.29 bits per heavy atom. The van der Waals surface area contributed by atoms with Gasteiger partial charge < -0.3 is 15.9 Å². The molecule has 2 aromatic carbocycles. The van der Waals surface area contributed by atoms with Crippen LogP contribution in [-0.2, 0) is 4.79 Å². The van der Waals surface area contributed by atoms with E-state index in [1.165, 1.54) is 16.4 Å². The van der Waals surface area contributed by atoms with E-state index in [9.17, 15) is 4.79 Å². The number of ether oxygens (including phenoxy) is 1. The Bertz CT molecular complexity index is 961. The zero-order chi connectivity index (χ0) is 20.1. The number of aromatic nitrogens is 3. The summed E-state index contributed by atoms with van der Waals surface area (Å²) < 4.78 is 6.52. The van der Waals surface area contributed by atoms with Crippen LogP contribution in [0.5, 0.6) is 5.75 Å². The van der Waals surface area contributed by atoms with E-state index in [4.69, 9.17) is 22.2 Å². The first-order chi connectivity index (χ1) is 13.5. The summed E-state index contributed by atoms with van der Waals surface area (Å²) in [5.41, 5.74) is 1.75. The van der Waals surface area contributed by atoms with E-state index >= 15 is 0 Å². The molecule has 146 valence electrons. The Morgan fingerprint density at radius 2 is 2.04 bits per heavy atom. The van der Waals surface area contributed by atoms with E-state index in [1.807, 2.05) is 49.4 Å². The fourth-order valence-corrected chi connectivity index (χ4v) is 3.45. The SMILES string of the molecule is COc1ccc(-c2nnc(SCC(=O)N[C@H](C)c3cccc(Cl)c3)n2N)cc1. The molecule has 0 radical (unpaired) electrons. The Labute approximate surface area is 172 Å². The molecule has 3 N–H and O–H groups in total. The average molecular weight is 418 g/mol. The van der Waals surface area contributed by atoms with E-state index in [1.54, 1.807) is 13.2 Å². The lowest BCUT2D eigenvalue weighted by Gasteiger charge is -2.14. The Morgan fingerprint density at radius 3 is 2.71 bits per heavy atom. The predicted octanol–water partition coefficient (Wildman–Crippen LogP) is 3.29. The van der Waals surface area contributed by atoms with E-state index in [2.05, 4.69) is 15.5 Å². The molecule has 0 saturated heterocycles. The van der Waals surface area contributed by atoms with Gasteiger partial charge in [0.25, 0.3) is 0 Å². The van der Waals surface area contributed by atoms with Gasteiger partial charge in [-0.1, -0.05) is 35.5 Å². The van der Waals surface area contributed by atoms with Crippen molar-refractivity contribution >= 4 is 29.3 Å². The molecule has 9 heteroatoms. The van der Waals surface area contributed by atoms with Gasteiger partial charge in [0, 0.05) is 10.6 Å². The van der Waals surface area contributed by atoms with Gasteiger partial charge in [0.05, 0.1) is 18.9 Å². The van der Waals surface area contributed by atoms with Gasteiger partial charge >= 0.3 is 0 Å². The number of nitrogens with one attached hydrogen (secondary N) is 1. The van der Waals surface area contributed by atoms with Crippen molar-refractivity contribution in [1.82, 2.24) is 20.2 Å². The van der Waals surface area contributed by atoms with Crippen LogP contribution in [0.4, 0.5) is 0 Å². The zero-order valence-electron chi connectivity index (χ0n) is 15.4. The summed E-state index contributed by atoms with van der Waals surface area (Å²) in [5, 5.41) is 12.2. The Balaban J connectivity index is 1.60. The third-order valence-corrected chi connectivity index (χ3v) is 5.25. The largest absolute Gasteiger partial charge is 0.497 e. The number of nitrogens with two attached hydrogens (primary N) is 1. The monoisotopic (exact) mass is 417 g/mol. The number of benzene rings is 2. The molecule has 1 aromatic heterocycles. The van der Waals surface area contributed by atoms with Crippen LogP contribution in [0.2, 0.25) is 5.02 Å². The minimum Gasteiger partial charge on any atom is -0.497 e. The first-order valence-electron chi connectivity index (χ1n) is 8.50. The Hall–Kier alpha value is -2.71. The van der Waals surface area contributed by atoms with Crippen LogP contribution in [0.15, 0.2) is 53.7 Å². The zero-order valence-corrected chi connectivity index (χ0v) is 17.0. The number of methoxy groups -OCH3 is 1. The summed E-state index contributed by atoms with van der Waals surface area (Å²) in [6.45, 7) is 1.90. The maximum Gasteiger partial charge on any atom is 0.230 e. The molecule has 0 bridgehead atoms. The van der Waals surface area contributed by atoms with Crippen LogP contribution in [0, 0.1) is 0 Å². The second-order valence-corrected chi connectivity index (χ2v) is 7.42. The van der Waals surface area contributed by atoms with Crippen LogP contribution in [0.25, 0.3) is 11.4 Å². The highest BCUT2D eigenvalue weighted by atomic mass is 35.5. The molecule has 3 aromatic rings. The van der Waals surface area contributed by atoms with Crippen molar-refractivity contribution in [3.05, 3.63) is 59.1 Å². The third-order valence-electron chi connectivity index (χ3n) is 4.07. The quantitative estimate of drug-likeness (QED) is 0.452. The summed E-state index contributed by atoms with van der Waals surface area (Å²) in [6.07, 6.45) is 0. The summed E-state index contributed by atoms with van der Waals surface area (Å²) in [5.74, 6) is 7.39. The molecule has 0 fully saturated rings. The topological polar surface area (TPSA) is 95.1 Å². The molecule has 0 spiro atoms. The van der Waals surface area contributed by atoms with Crippen LogP contribution < -0.4 is 15.9 Å². The molecule has 0 aliphatic carbocycles. The van der Waals surface area contributed by atoms with Gasteiger partial charge in [-0.2, -0.15) is 0 Å². The van der Waals surface area contributed by atoms with Gasteiger partial charge in [0.15, 0.2) is 5.82 Å². The van der Waals surface area contributed by atoms with Crippen LogP contribution in [-0.4, -0.2) is 33.6 Å². The molecule has 0 aliphatic rings. The van der Waals surface area contributed by atoms with Crippen molar-refractivity contribution in [2.45, 2.75) is 18.1 Å². The van der Waals surface area contributed by atoms with Gasteiger partial charge in [0.1, 0.15) is 5.75 Å². The third kappa shape index (κ3) is 4.76. The predicted molar refractivity (Wildman–Crippen MR) is 111 cm³/mol. The van der Waals surface area contributed by atoms with Crippen molar-refractivity contribution in [1.29, 1.82) is 0 Å². The molecular formula is C19H20ClN5O2S. The van der Waals surface area contributed by atoms with Crippen molar-refractivity contribution in [2.75, 3.05) is 18.7 Å². The van der Waals surface area contributed by atoms with Crippen LogP contribution in [0.1, 0.15) is 18.5 Å². The summed E-state index contributed by atoms with van der Waals surface area (Å²) >= 11 is 7.22. The number of nitrogens with zero attached hydrogens (tertiary/aromatic N) is 3. The number of carbonyl (C=O) groups excluding carboxylic acids is 1. The molecule has 0 saturated carbocycles. The van der Waals surface area contributed by atoms with Crippen molar-refractivity contribution in [3.63, 3.8) is 0 Å². The number of halogens is 1. The second kappa shape index (κ2) is 8.99. The minimum absolute atomic E-state index is 0.133. The standard InChI is InChI=1S/C19H20ClN5O2S/c1-12(14-4-3-5-15(20)10-14)22-17(26)11-28-19-24-23-18(25(19)21)13-6-8-16(27-2)9-7-13/h3-10,12H,11,21H2,1-2H3,(H,22,26)/t12-/m1/s1. The normalized spacial score (nSPS) is 11.8. The average Bonchev–Trinajstić information content (AvgIpc) is 3.07. The van der Waals surface area contributed by atoms with Crippen molar-refractivity contribution in [3.8, 4) is 17.1 Å². The highest BCUT2D eigenvalue weighted by Crippen LogP contribution is 2.24. The lowest BCUT2D eigenvalue weighted by Crippen LogP contribution is -2.28. The Kier molecular flexibility index (Phi) is 6.43. The lowest BCUT2D eigenvalue weighted by molar-refractivity contribution is -0.119. The highest BCUT2D eigenvalue weighted by Gasteiger charge is 2.15. The fourth-order valence-electron chi connectivity index (χ4n) is 2.58. The number of hydrogen-bond donors (Lipinski definition) is 2. The van der Waals surface area contributed by atoms with E-state index in [0.717, 1.165) is 16.9 Å². The van der Waals surface area contributed by atoms with Crippen LogP contribution >= 0.6 is 23.4 Å². The van der Waals surface area contributed by atoms with Crippen LogP contribution in [0.3, 0.4) is 0 Å². The second-order valence-electron chi connectivity index (χ2n) is 6.04. The first kappa shape index (κ1) is 20.0. The maximum atomic E-state index is 12.3. The smallest absolute Gasteiger partial charge is 0.230 e. The highest BCUT2D eigenvalue weighted by molar-refractivity contribution is 7.99. The molecule has 1 amide bonds. The summed E-state index contributed by atoms with van der Waals surface area (Å²) in [4.78, 5) is 12.3.